The topological polar surface area (TPSA) is 80.5 Å². The summed E-state index contributed by atoms with van der Waals surface area (Å²) < 4.78 is 11.5. The highest BCUT2D eigenvalue weighted by Gasteiger charge is 2.13. The number of nitrogens with zero attached hydrogens (tertiary/aromatic N) is 3. The van der Waals surface area contributed by atoms with Gasteiger partial charge in [-0.25, -0.2) is 0 Å². The molecular weight excluding hydrogens is 356 g/mol. The second-order valence-corrected chi connectivity index (χ2v) is 6.51. The van der Waals surface area contributed by atoms with Crippen LogP contribution in [-0.2, 0) is 6.54 Å². The summed E-state index contributed by atoms with van der Waals surface area (Å²) in [6, 6.07) is 15.3. The van der Waals surface area contributed by atoms with Crippen LogP contribution in [0.1, 0.15) is 29.3 Å². The molecule has 0 unspecified atom stereocenters. The first-order valence-corrected chi connectivity index (χ1v) is 9.18. The molecule has 3 aromatic rings. The molecule has 3 rings (SSSR count). The van der Waals surface area contributed by atoms with Gasteiger partial charge in [0.05, 0.1) is 12.2 Å². The van der Waals surface area contributed by atoms with Gasteiger partial charge in [-0.1, -0.05) is 36.3 Å². The van der Waals surface area contributed by atoms with Crippen molar-refractivity contribution in [2.75, 3.05) is 26.0 Å². The molecule has 0 atom stereocenters. The van der Waals surface area contributed by atoms with Crippen molar-refractivity contribution in [3.63, 3.8) is 0 Å². The van der Waals surface area contributed by atoms with Gasteiger partial charge >= 0.3 is 6.01 Å². The number of anilines is 1. The van der Waals surface area contributed by atoms with Gasteiger partial charge in [0.1, 0.15) is 5.75 Å². The zero-order chi connectivity index (χ0) is 19.9. The molecule has 1 N–H and O–H groups in total. The number of amides is 1. The van der Waals surface area contributed by atoms with Crippen molar-refractivity contribution in [2.24, 2.45) is 0 Å². The van der Waals surface area contributed by atoms with Crippen LogP contribution in [0.3, 0.4) is 0 Å². The van der Waals surface area contributed by atoms with Gasteiger partial charge in [-0.15, -0.1) is 5.10 Å². The van der Waals surface area contributed by atoms with Gasteiger partial charge in [0.2, 0.25) is 0 Å². The summed E-state index contributed by atoms with van der Waals surface area (Å²) in [5.41, 5.74) is 2.42. The van der Waals surface area contributed by atoms with Crippen LogP contribution in [0, 0.1) is 0 Å². The van der Waals surface area contributed by atoms with Gasteiger partial charge in [0.15, 0.2) is 0 Å². The first-order chi connectivity index (χ1) is 13.6. The molecule has 1 aromatic heterocycles. The molecule has 0 saturated heterocycles. The van der Waals surface area contributed by atoms with Gasteiger partial charge in [-0.05, 0) is 36.2 Å². The molecule has 0 bridgehead atoms. The molecule has 146 valence electrons. The van der Waals surface area contributed by atoms with Gasteiger partial charge in [-0.2, -0.15) is 0 Å². The number of hydrogen-bond donors (Lipinski definition) is 1. The van der Waals surface area contributed by atoms with Crippen LogP contribution in [-0.4, -0.2) is 41.7 Å². The van der Waals surface area contributed by atoms with Crippen LogP contribution >= 0.6 is 0 Å². The Morgan fingerprint density at radius 2 is 1.86 bits per heavy atom. The van der Waals surface area contributed by atoms with E-state index in [4.69, 9.17) is 9.15 Å². The maximum Gasteiger partial charge on any atom is 0.316 e. The molecule has 0 aliphatic heterocycles. The van der Waals surface area contributed by atoms with Gasteiger partial charge in [-0.3, -0.25) is 4.79 Å². The lowest BCUT2D eigenvalue weighted by atomic mass is 10.1. The molecule has 28 heavy (non-hydrogen) atoms. The molecule has 0 fully saturated rings. The molecule has 0 saturated carbocycles. The zero-order valence-corrected chi connectivity index (χ0v) is 16.3. The van der Waals surface area contributed by atoms with Crippen molar-refractivity contribution in [2.45, 2.75) is 19.9 Å². The fraction of sp³-hybridized carbons (Fsp3) is 0.286. The van der Waals surface area contributed by atoms with Crippen molar-refractivity contribution < 1.29 is 13.9 Å². The molecular formula is C21H24N4O3. The van der Waals surface area contributed by atoms with Crippen LogP contribution in [0.25, 0.3) is 11.5 Å². The second kappa shape index (κ2) is 9.03. The summed E-state index contributed by atoms with van der Waals surface area (Å²) in [6.07, 6.45) is 0.921. The number of rotatable bonds is 8. The zero-order valence-electron chi connectivity index (χ0n) is 16.3. The van der Waals surface area contributed by atoms with E-state index >= 15 is 0 Å². The first kappa shape index (κ1) is 19.4. The highest BCUT2D eigenvalue weighted by molar-refractivity contribution is 5.93. The standard InChI is InChI=1S/C21H24N4O3/c1-4-13-27-18-8-6-5-7-17(18)19-23-24-21(28-19)22-14-15-9-11-16(12-10-15)20(26)25(2)3/h5-12H,4,13-14H2,1-3H3,(H,22,24). The van der Waals surface area contributed by atoms with Crippen molar-refractivity contribution in [3.05, 3.63) is 59.7 Å². The van der Waals surface area contributed by atoms with E-state index in [9.17, 15) is 4.79 Å². The summed E-state index contributed by atoms with van der Waals surface area (Å²) in [7, 11) is 3.47. The molecule has 0 aliphatic rings. The number of carbonyl (C=O) groups is 1. The Kier molecular flexibility index (Phi) is 6.26. The lowest BCUT2D eigenvalue weighted by Gasteiger charge is -2.10. The maximum absolute atomic E-state index is 11.9. The predicted molar refractivity (Wildman–Crippen MR) is 107 cm³/mol. The molecule has 0 radical (unpaired) electrons. The molecule has 0 spiro atoms. The smallest absolute Gasteiger partial charge is 0.316 e. The molecule has 7 nitrogen and oxygen atoms in total. The Bertz CT molecular complexity index is 919. The van der Waals surface area contributed by atoms with E-state index in [2.05, 4.69) is 22.4 Å². The summed E-state index contributed by atoms with van der Waals surface area (Å²) in [4.78, 5) is 13.5. The number of benzene rings is 2. The van der Waals surface area contributed by atoms with Crippen molar-refractivity contribution >= 4 is 11.9 Å². The lowest BCUT2D eigenvalue weighted by Crippen LogP contribution is -2.21. The Hall–Kier alpha value is -3.35. The minimum atomic E-state index is -0.0231. The summed E-state index contributed by atoms with van der Waals surface area (Å²) >= 11 is 0. The predicted octanol–water partition coefficient (Wildman–Crippen LogP) is 3.84. The number of para-hydroxylation sites is 1. The van der Waals surface area contributed by atoms with E-state index in [-0.39, 0.29) is 5.91 Å². The second-order valence-electron chi connectivity index (χ2n) is 6.51. The van der Waals surface area contributed by atoms with Crippen LogP contribution in [0.4, 0.5) is 6.01 Å². The minimum absolute atomic E-state index is 0.0231. The lowest BCUT2D eigenvalue weighted by molar-refractivity contribution is 0.0827. The van der Waals surface area contributed by atoms with Crippen molar-refractivity contribution in [1.29, 1.82) is 0 Å². The van der Waals surface area contributed by atoms with Gasteiger partial charge < -0.3 is 19.4 Å². The summed E-state index contributed by atoms with van der Waals surface area (Å²) in [5, 5.41) is 11.3. The Morgan fingerprint density at radius 1 is 1.11 bits per heavy atom. The van der Waals surface area contributed by atoms with E-state index in [0.717, 1.165) is 23.3 Å². The van der Waals surface area contributed by atoms with Crippen LogP contribution in [0.5, 0.6) is 5.75 Å². The van der Waals surface area contributed by atoms with E-state index in [1.54, 1.807) is 31.1 Å². The molecule has 7 heteroatoms. The monoisotopic (exact) mass is 380 g/mol. The SMILES string of the molecule is CCCOc1ccccc1-c1nnc(NCc2ccc(C(=O)N(C)C)cc2)o1. The third-order valence-electron chi connectivity index (χ3n) is 4.05. The molecule has 2 aromatic carbocycles. The van der Waals surface area contributed by atoms with Crippen molar-refractivity contribution in [3.8, 4) is 17.2 Å². The maximum atomic E-state index is 11.9. The Balaban J connectivity index is 1.65. The van der Waals surface area contributed by atoms with E-state index < -0.39 is 0 Å². The van der Waals surface area contributed by atoms with E-state index in [1.165, 1.54) is 0 Å². The highest BCUT2D eigenvalue weighted by atomic mass is 16.5. The number of hydrogen-bond acceptors (Lipinski definition) is 6. The normalized spacial score (nSPS) is 10.5. The third-order valence-corrected chi connectivity index (χ3v) is 4.05. The number of ether oxygens (including phenoxy) is 1. The quantitative estimate of drug-likeness (QED) is 0.639. The number of aromatic nitrogens is 2. The van der Waals surface area contributed by atoms with Crippen LogP contribution in [0.2, 0.25) is 0 Å². The summed E-state index contributed by atoms with van der Waals surface area (Å²) in [5.74, 6) is 1.10. The Labute approximate surface area is 164 Å². The number of carbonyl (C=O) groups excluding carboxylic acids is 1. The van der Waals surface area contributed by atoms with Gasteiger partial charge in [0, 0.05) is 26.2 Å². The van der Waals surface area contributed by atoms with Crippen LogP contribution in [0.15, 0.2) is 52.9 Å². The third kappa shape index (κ3) is 4.68. The highest BCUT2D eigenvalue weighted by Crippen LogP contribution is 2.29. The fourth-order valence-corrected chi connectivity index (χ4v) is 2.59. The first-order valence-electron chi connectivity index (χ1n) is 9.18. The van der Waals surface area contributed by atoms with E-state index in [0.29, 0.717) is 30.6 Å². The Morgan fingerprint density at radius 3 is 2.57 bits per heavy atom. The molecule has 0 aliphatic carbocycles. The average Bonchev–Trinajstić information content (AvgIpc) is 3.19. The fourth-order valence-electron chi connectivity index (χ4n) is 2.59. The molecule has 1 amide bonds. The average molecular weight is 380 g/mol. The van der Waals surface area contributed by atoms with Gasteiger partial charge in [0.25, 0.3) is 11.8 Å². The van der Waals surface area contributed by atoms with Crippen LogP contribution < -0.4 is 10.1 Å². The van der Waals surface area contributed by atoms with E-state index in [1.807, 2.05) is 36.4 Å². The summed E-state index contributed by atoms with van der Waals surface area (Å²) in [6.45, 7) is 3.19. The largest absolute Gasteiger partial charge is 0.493 e. The van der Waals surface area contributed by atoms with Crippen molar-refractivity contribution in [1.82, 2.24) is 15.1 Å². The molecule has 1 heterocycles. The minimum Gasteiger partial charge on any atom is -0.493 e. The number of nitrogens with one attached hydrogen (secondary N) is 1.